The molecule has 3 rings (SSSR count). The summed E-state index contributed by atoms with van der Waals surface area (Å²) in [5.41, 5.74) is 0.534. The molecule has 4 nitrogen and oxygen atoms in total. The predicted octanol–water partition coefficient (Wildman–Crippen LogP) is 3.71. The van der Waals surface area contributed by atoms with Gasteiger partial charge in [-0.1, -0.05) is 23.7 Å². The highest BCUT2D eigenvalue weighted by atomic mass is 35.5. The number of para-hydroxylation sites is 1. The molecule has 1 aliphatic rings. The molecule has 6 heteroatoms. The van der Waals surface area contributed by atoms with Crippen molar-refractivity contribution in [2.45, 2.75) is 12.8 Å². The summed E-state index contributed by atoms with van der Waals surface area (Å²) in [6.07, 6.45) is 1.21. The normalized spacial score (nSPS) is 14.1. The molecule has 0 aromatic heterocycles. The molecule has 0 saturated carbocycles. The number of halogens is 2. The number of anilines is 1. The summed E-state index contributed by atoms with van der Waals surface area (Å²) in [4.78, 5) is 27.7. The maximum Gasteiger partial charge on any atom is 0.259 e. The lowest BCUT2D eigenvalue weighted by Crippen LogP contribution is -2.42. The number of carbonyl (C=O) groups excluding carboxylic acids is 2. The highest BCUT2D eigenvalue weighted by molar-refractivity contribution is 6.30. The average molecular weight is 347 g/mol. The monoisotopic (exact) mass is 346 g/mol. The van der Waals surface area contributed by atoms with Gasteiger partial charge in [0.15, 0.2) is 0 Å². The minimum Gasteiger partial charge on any atom is -0.324 e. The van der Waals surface area contributed by atoms with Crippen LogP contribution in [-0.4, -0.2) is 29.9 Å². The number of carbonyl (C=O) groups is 2. The van der Waals surface area contributed by atoms with Crippen molar-refractivity contribution in [3.63, 3.8) is 0 Å². The summed E-state index contributed by atoms with van der Waals surface area (Å²) in [6.45, 7) is 0.596. The molecule has 0 N–H and O–H groups in total. The SMILES string of the molecule is O=C1CCCN1CN(C(=O)c1ccc(Cl)cc1)c1ccccc1F. The van der Waals surface area contributed by atoms with Crippen LogP contribution in [0.3, 0.4) is 0 Å². The number of hydrogen-bond acceptors (Lipinski definition) is 2. The zero-order chi connectivity index (χ0) is 17.1. The standard InChI is InChI=1S/C18H16ClFN2O2/c19-14-9-7-13(8-10-14)18(24)22(12-21-11-3-6-17(21)23)16-5-2-1-4-15(16)20/h1-2,4-5,7-10H,3,6,11-12H2. The quantitative estimate of drug-likeness (QED) is 0.846. The molecule has 2 aromatic carbocycles. The summed E-state index contributed by atoms with van der Waals surface area (Å²) in [5.74, 6) is -0.914. The third-order valence-electron chi connectivity index (χ3n) is 3.96. The number of rotatable bonds is 4. The molecule has 124 valence electrons. The molecule has 0 atom stereocenters. The van der Waals surface area contributed by atoms with Gasteiger partial charge < -0.3 is 4.90 Å². The van der Waals surface area contributed by atoms with E-state index in [1.54, 1.807) is 41.3 Å². The Morgan fingerprint density at radius 3 is 2.50 bits per heavy atom. The van der Waals surface area contributed by atoms with Gasteiger partial charge in [0.1, 0.15) is 12.5 Å². The molecule has 2 amide bonds. The fraction of sp³-hybridized carbons (Fsp3) is 0.222. The summed E-state index contributed by atoms with van der Waals surface area (Å²) in [5, 5.41) is 0.513. The Morgan fingerprint density at radius 1 is 1.17 bits per heavy atom. The first kappa shape index (κ1) is 16.5. The minimum absolute atomic E-state index is 0.0276. The van der Waals surface area contributed by atoms with Crippen LogP contribution in [0.2, 0.25) is 5.02 Å². The molecule has 1 saturated heterocycles. The maximum atomic E-state index is 14.2. The van der Waals surface area contributed by atoms with Crippen LogP contribution >= 0.6 is 11.6 Å². The largest absolute Gasteiger partial charge is 0.324 e. The molecular formula is C18H16ClFN2O2. The van der Waals surface area contributed by atoms with Crippen LogP contribution in [0.1, 0.15) is 23.2 Å². The van der Waals surface area contributed by atoms with Crippen molar-refractivity contribution in [2.75, 3.05) is 18.1 Å². The van der Waals surface area contributed by atoms with Gasteiger partial charge in [-0.3, -0.25) is 14.5 Å². The fourth-order valence-electron chi connectivity index (χ4n) is 2.69. The van der Waals surface area contributed by atoms with E-state index in [2.05, 4.69) is 0 Å². The first-order valence-corrected chi connectivity index (χ1v) is 8.04. The number of likely N-dealkylation sites (tertiary alicyclic amines) is 1. The van der Waals surface area contributed by atoms with E-state index in [0.717, 1.165) is 6.42 Å². The summed E-state index contributed by atoms with van der Waals surface area (Å²) in [6, 6.07) is 12.4. The van der Waals surface area contributed by atoms with Crippen molar-refractivity contribution >= 4 is 29.1 Å². The third kappa shape index (κ3) is 3.41. The van der Waals surface area contributed by atoms with Gasteiger partial charge in [0.25, 0.3) is 5.91 Å². The van der Waals surface area contributed by atoms with Crippen LogP contribution in [0.5, 0.6) is 0 Å². The molecular weight excluding hydrogens is 331 g/mol. The van der Waals surface area contributed by atoms with E-state index in [9.17, 15) is 14.0 Å². The Bertz CT molecular complexity index is 764. The molecule has 1 heterocycles. The van der Waals surface area contributed by atoms with Crippen LogP contribution in [0.15, 0.2) is 48.5 Å². The second kappa shape index (κ2) is 7.01. The van der Waals surface area contributed by atoms with Gasteiger partial charge in [-0.15, -0.1) is 0 Å². The Morgan fingerprint density at radius 2 is 1.88 bits per heavy atom. The first-order valence-electron chi connectivity index (χ1n) is 7.66. The van der Waals surface area contributed by atoms with Crippen LogP contribution < -0.4 is 4.90 Å². The third-order valence-corrected chi connectivity index (χ3v) is 4.22. The summed E-state index contributed by atoms with van der Waals surface area (Å²) in [7, 11) is 0. The van der Waals surface area contributed by atoms with Crippen molar-refractivity contribution in [1.82, 2.24) is 4.90 Å². The molecule has 0 aliphatic carbocycles. The van der Waals surface area contributed by atoms with E-state index in [0.29, 0.717) is 23.6 Å². The van der Waals surface area contributed by atoms with Crippen molar-refractivity contribution in [1.29, 1.82) is 0 Å². The topological polar surface area (TPSA) is 40.6 Å². The molecule has 1 fully saturated rings. The Labute approximate surface area is 144 Å². The molecule has 0 bridgehead atoms. The lowest BCUT2D eigenvalue weighted by molar-refractivity contribution is -0.127. The highest BCUT2D eigenvalue weighted by Gasteiger charge is 2.27. The first-order chi connectivity index (χ1) is 11.6. The Hall–Kier alpha value is -2.40. The molecule has 24 heavy (non-hydrogen) atoms. The zero-order valence-electron chi connectivity index (χ0n) is 12.9. The van der Waals surface area contributed by atoms with Crippen LogP contribution in [0.25, 0.3) is 0 Å². The van der Waals surface area contributed by atoms with E-state index in [1.807, 2.05) is 0 Å². The second-order valence-electron chi connectivity index (χ2n) is 5.59. The van der Waals surface area contributed by atoms with Crippen molar-refractivity contribution in [2.24, 2.45) is 0 Å². The van der Waals surface area contributed by atoms with E-state index in [-0.39, 0.29) is 24.2 Å². The number of amides is 2. The van der Waals surface area contributed by atoms with Crippen molar-refractivity contribution < 1.29 is 14.0 Å². The van der Waals surface area contributed by atoms with Crippen LogP contribution in [-0.2, 0) is 4.79 Å². The van der Waals surface area contributed by atoms with Crippen molar-refractivity contribution in [3.05, 3.63) is 64.9 Å². The van der Waals surface area contributed by atoms with Gasteiger partial charge >= 0.3 is 0 Å². The van der Waals surface area contributed by atoms with Crippen molar-refractivity contribution in [3.8, 4) is 0 Å². The van der Waals surface area contributed by atoms with Crippen LogP contribution in [0.4, 0.5) is 10.1 Å². The molecule has 0 unspecified atom stereocenters. The van der Waals surface area contributed by atoms with E-state index < -0.39 is 5.82 Å². The van der Waals surface area contributed by atoms with Gasteiger partial charge in [0.05, 0.1) is 5.69 Å². The minimum atomic E-state index is -0.508. The van der Waals surface area contributed by atoms with E-state index >= 15 is 0 Å². The Kier molecular flexibility index (Phi) is 4.81. The van der Waals surface area contributed by atoms with Crippen LogP contribution in [0, 0.1) is 5.82 Å². The predicted molar refractivity (Wildman–Crippen MR) is 90.5 cm³/mol. The lowest BCUT2D eigenvalue weighted by Gasteiger charge is -2.28. The smallest absolute Gasteiger partial charge is 0.259 e. The number of nitrogens with zero attached hydrogens (tertiary/aromatic N) is 2. The number of hydrogen-bond donors (Lipinski definition) is 0. The lowest BCUT2D eigenvalue weighted by atomic mass is 10.2. The van der Waals surface area contributed by atoms with E-state index in [1.165, 1.54) is 17.0 Å². The second-order valence-corrected chi connectivity index (χ2v) is 6.03. The average Bonchev–Trinajstić information content (AvgIpc) is 2.98. The van der Waals surface area contributed by atoms with E-state index in [4.69, 9.17) is 11.6 Å². The number of benzene rings is 2. The van der Waals surface area contributed by atoms with Gasteiger partial charge in [-0.2, -0.15) is 0 Å². The Balaban J connectivity index is 1.95. The zero-order valence-corrected chi connectivity index (χ0v) is 13.7. The molecule has 2 aromatic rings. The highest BCUT2D eigenvalue weighted by Crippen LogP contribution is 2.23. The fourth-order valence-corrected chi connectivity index (χ4v) is 2.82. The van der Waals surface area contributed by atoms with Gasteiger partial charge in [-0.05, 0) is 42.8 Å². The van der Waals surface area contributed by atoms with Gasteiger partial charge in [0, 0.05) is 23.6 Å². The maximum absolute atomic E-state index is 14.2. The summed E-state index contributed by atoms with van der Waals surface area (Å²) < 4.78 is 14.2. The molecule has 0 radical (unpaired) electrons. The summed E-state index contributed by atoms with van der Waals surface area (Å²) >= 11 is 5.86. The molecule has 0 spiro atoms. The van der Waals surface area contributed by atoms with Gasteiger partial charge in [0.2, 0.25) is 5.91 Å². The van der Waals surface area contributed by atoms with Gasteiger partial charge in [-0.25, -0.2) is 4.39 Å². The molecule has 1 aliphatic heterocycles.